The van der Waals surface area contributed by atoms with E-state index >= 15 is 0 Å². The number of rotatable bonds is 4. The third-order valence-electron chi connectivity index (χ3n) is 5.35. The zero-order valence-corrected chi connectivity index (χ0v) is 15.9. The van der Waals surface area contributed by atoms with E-state index < -0.39 is 48.9 Å². The highest BCUT2D eigenvalue weighted by molar-refractivity contribution is 6.30. The molecule has 9 nitrogen and oxygen atoms in total. The predicted molar refractivity (Wildman–Crippen MR) is 101 cm³/mol. The van der Waals surface area contributed by atoms with E-state index in [9.17, 15) is 30.0 Å². The van der Waals surface area contributed by atoms with Crippen molar-refractivity contribution in [3.8, 4) is 11.5 Å². The smallest absolute Gasteiger partial charge is 0.229 e. The monoisotopic (exact) mass is 416 g/mol. The van der Waals surface area contributed by atoms with E-state index in [4.69, 9.17) is 14.2 Å². The van der Waals surface area contributed by atoms with Gasteiger partial charge >= 0.3 is 0 Å². The Morgan fingerprint density at radius 3 is 2.30 bits per heavy atom. The van der Waals surface area contributed by atoms with Crippen LogP contribution < -0.4 is 4.74 Å². The topological polar surface area (TPSA) is 143 Å². The fourth-order valence-electron chi connectivity index (χ4n) is 3.86. The lowest BCUT2D eigenvalue weighted by Crippen LogP contribution is -2.60. The van der Waals surface area contributed by atoms with Crippen molar-refractivity contribution in [3.05, 3.63) is 58.7 Å². The average Bonchev–Trinajstić information content (AvgIpc) is 2.74. The first-order valence-electron chi connectivity index (χ1n) is 9.25. The summed E-state index contributed by atoms with van der Waals surface area (Å²) >= 11 is 0. The van der Waals surface area contributed by atoms with Gasteiger partial charge in [0.25, 0.3) is 0 Å². The van der Waals surface area contributed by atoms with Crippen LogP contribution in [0.15, 0.2) is 36.4 Å². The quantitative estimate of drug-likeness (QED) is 0.462. The Balaban J connectivity index is 1.72. The lowest BCUT2D eigenvalue weighted by Gasteiger charge is -2.41. The molecule has 1 fully saturated rings. The number of phenolic OH excluding ortho intramolecular Hbond substituents is 1. The van der Waals surface area contributed by atoms with Crippen molar-refractivity contribution in [3.63, 3.8) is 0 Å². The summed E-state index contributed by atoms with van der Waals surface area (Å²) in [7, 11) is 1.30. The Labute approximate surface area is 171 Å². The van der Waals surface area contributed by atoms with Crippen LogP contribution >= 0.6 is 0 Å². The second-order valence-corrected chi connectivity index (χ2v) is 7.06. The molecule has 0 radical (unpaired) electrons. The summed E-state index contributed by atoms with van der Waals surface area (Å²) < 4.78 is 16.3. The lowest BCUT2D eigenvalue weighted by atomic mass is 9.83. The molecule has 2 aliphatic rings. The fraction of sp³-hybridized carbons (Fsp3) is 0.333. The molecule has 1 saturated heterocycles. The van der Waals surface area contributed by atoms with Crippen LogP contribution in [0.5, 0.6) is 11.5 Å². The number of hydrogen-bond acceptors (Lipinski definition) is 9. The summed E-state index contributed by atoms with van der Waals surface area (Å²) in [6.07, 6.45) is -6.39. The van der Waals surface area contributed by atoms with E-state index in [0.29, 0.717) is 0 Å². The summed E-state index contributed by atoms with van der Waals surface area (Å²) in [6, 6.07) is 8.60. The SMILES string of the molecule is CO[C@H]1[C@H](O)[C@@H](O)[C@H](Oc2cccc3c2C(=O)c2c(O)cccc2C3=O)O[C@@H]1CO. The van der Waals surface area contributed by atoms with E-state index in [1.165, 1.54) is 43.5 Å². The molecule has 0 spiro atoms. The molecule has 4 N–H and O–H groups in total. The Morgan fingerprint density at radius 1 is 0.967 bits per heavy atom. The number of fused-ring (bicyclic) bond motifs is 2. The molecule has 0 aromatic heterocycles. The Hall–Kier alpha value is -2.82. The molecule has 30 heavy (non-hydrogen) atoms. The molecule has 158 valence electrons. The molecule has 1 aliphatic carbocycles. The second kappa shape index (κ2) is 7.78. The van der Waals surface area contributed by atoms with E-state index in [2.05, 4.69) is 0 Å². The van der Waals surface area contributed by atoms with Crippen LogP contribution in [0.3, 0.4) is 0 Å². The van der Waals surface area contributed by atoms with Crippen LogP contribution in [-0.4, -0.2) is 76.4 Å². The Kier molecular flexibility index (Phi) is 5.31. The van der Waals surface area contributed by atoms with Crippen LogP contribution in [0.25, 0.3) is 0 Å². The largest absolute Gasteiger partial charge is 0.507 e. The predicted octanol–water partition coefficient (Wildman–Crippen LogP) is 0.000400. The number of methoxy groups -OCH3 is 1. The maximum atomic E-state index is 13.1. The second-order valence-electron chi connectivity index (χ2n) is 7.06. The van der Waals surface area contributed by atoms with Gasteiger partial charge in [0.1, 0.15) is 35.9 Å². The van der Waals surface area contributed by atoms with Crippen molar-refractivity contribution < 1.29 is 44.2 Å². The Bertz CT molecular complexity index is 1000. The zero-order chi connectivity index (χ0) is 21.6. The molecule has 0 saturated carbocycles. The molecular formula is C21H20O9. The van der Waals surface area contributed by atoms with Crippen molar-refractivity contribution >= 4 is 11.6 Å². The molecule has 2 aromatic rings. The highest BCUT2D eigenvalue weighted by Crippen LogP contribution is 2.38. The van der Waals surface area contributed by atoms with Gasteiger partial charge in [-0.05, 0) is 12.1 Å². The van der Waals surface area contributed by atoms with E-state index in [0.717, 1.165) is 0 Å². The maximum absolute atomic E-state index is 13.1. The summed E-state index contributed by atoms with van der Waals surface area (Å²) in [5, 5.41) is 40.3. The molecule has 1 aliphatic heterocycles. The molecule has 0 amide bonds. The molecular weight excluding hydrogens is 396 g/mol. The summed E-state index contributed by atoms with van der Waals surface area (Å²) in [5.74, 6) is -1.48. The van der Waals surface area contributed by atoms with Gasteiger partial charge in [0.15, 0.2) is 5.78 Å². The number of ketones is 2. The zero-order valence-electron chi connectivity index (χ0n) is 15.9. The van der Waals surface area contributed by atoms with E-state index in [1.54, 1.807) is 0 Å². The van der Waals surface area contributed by atoms with E-state index in [-0.39, 0.29) is 33.8 Å². The molecule has 0 unspecified atom stereocenters. The van der Waals surface area contributed by atoms with Crippen LogP contribution in [0.4, 0.5) is 0 Å². The van der Waals surface area contributed by atoms with Crippen molar-refractivity contribution in [2.45, 2.75) is 30.7 Å². The van der Waals surface area contributed by atoms with Crippen LogP contribution in [0.2, 0.25) is 0 Å². The molecule has 5 atom stereocenters. The number of aromatic hydroxyl groups is 1. The average molecular weight is 416 g/mol. The number of aliphatic hydroxyl groups is 3. The van der Waals surface area contributed by atoms with Crippen LogP contribution in [0.1, 0.15) is 31.8 Å². The first kappa shape index (κ1) is 20.5. The number of phenols is 1. The third-order valence-corrected chi connectivity index (χ3v) is 5.35. The number of hydrogen-bond donors (Lipinski definition) is 4. The highest BCUT2D eigenvalue weighted by Gasteiger charge is 2.46. The van der Waals surface area contributed by atoms with Crippen molar-refractivity contribution in [1.29, 1.82) is 0 Å². The standard InChI is InChI=1S/C21H20O9/c1-28-20-13(8-22)30-21(19(27)18(20)26)29-12-7-3-5-10-15(12)17(25)14-9(16(10)24)4-2-6-11(14)23/h2-7,13,18-23,26-27H,8H2,1H3/t13-,18-,19-,20-,21-/m1/s1. The molecule has 9 heteroatoms. The number of carbonyl (C=O) groups is 2. The minimum absolute atomic E-state index is 0.0661. The van der Waals surface area contributed by atoms with Gasteiger partial charge in [0.2, 0.25) is 12.1 Å². The van der Waals surface area contributed by atoms with Crippen molar-refractivity contribution in [1.82, 2.24) is 0 Å². The number of benzene rings is 2. The normalized spacial score (nSPS) is 28.1. The van der Waals surface area contributed by atoms with Crippen molar-refractivity contribution in [2.24, 2.45) is 0 Å². The van der Waals surface area contributed by atoms with Gasteiger partial charge in [0.05, 0.1) is 17.7 Å². The van der Waals surface area contributed by atoms with Crippen LogP contribution in [-0.2, 0) is 9.47 Å². The molecule has 0 bridgehead atoms. The van der Waals surface area contributed by atoms with Gasteiger partial charge < -0.3 is 34.6 Å². The summed E-state index contributed by atoms with van der Waals surface area (Å²) in [4.78, 5) is 26.0. The molecule has 4 rings (SSSR count). The molecule has 1 heterocycles. The summed E-state index contributed by atoms with van der Waals surface area (Å²) in [5.41, 5.74) is -0.0627. The minimum atomic E-state index is -1.55. The third kappa shape index (κ3) is 3.08. The highest BCUT2D eigenvalue weighted by atomic mass is 16.7. The first-order chi connectivity index (χ1) is 14.4. The number of ether oxygens (including phenoxy) is 3. The van der Waals surface area contributed by atoms with Gasteiger partial charge in [-0.15, -0.1) is 0 Å². The van der Waals surface area contributed by atoms with Gasteiger partial charge in [0, 0.05) is 18.2 Å². The van der Waals surface area contributed by atoms with Gasteiger partial charge in [-0.25, -0.2) is 0 Å². The summed E-state index contributed by atoms with van der Waals surface area (Å²) in [6.45, 7) is -0.506. The van der Waals surface area contributed by atoms with Gasteiger partial charge in [-0.1, -0.05) is 24.3 Å². The first-order valence-corrected chi connectivity index (χ1v) is 9.25. The molecule has 2 aromatic carbocycles. The van der Waals surface area contributed by atoms with Gasteiger partial charge in [-0.2, -0.15) is 0 Å². The minimum Gasteiger partial charge on any atom is -0.507 e. The maximum Gasteiger partial charge on any atom is 0.229 e. The number of carbonyl (C=O) groups excluding carboxylic acids is 2. The lowest BCUT2D eigenvalue weighted by molar-refractivity contribution is -0.281. The fourth-order valence-corrected chi connectivity index (χ4v) is 3.86. The van der Waals surface area contributed by atoms with Gasteiger partial charge in [-0.3, -0.25) is 9.59 Å². The van der Waals surface area contributed by atoms with Crippen LogP contribution in [0, 0.1) is 0 Å². The number of aliphatic hydroxyl groups excluding tert-OH is 3. The van der Waals surface area contributed by atoms with Crippen molar-refractivity contribution in [2.75, 3.05) is 13.7 Å². The Morgan fingerprint density at radius 2 is 1.63 bits per heavy atom. The van der Waals surface area contributed by atoms with E-state index in [1.807, 2.05) is 0 Å².